The minimum Gasteiger partial charge on any atom is -0.309 e. The molecule has 2 heteroatoms. The summed E-state index contributed by atoms with van der Waals surface area (Å²) >= 11 is 2.22. The van der Waals surface area contributed by atoms with E-state index in [0.29, 0.717) is 0 Å². The molecule has 0 amide bonds. The van der Waals surface area contributed by atoms with Crippen molar-refractivity contribution in [2.75, 3.05) is 5.75 Å². The average Bonchev–Trinajstić information content (AvgIpc) is 2.47. The highest BCUT2D eigenvalue weighted by Gasteiger charge is 2.35. The van der Waals surface area contributed by atoms with Gasteiger partial charge in [0.15, 0.2) is 0 Å². The molecule has 1 aromatic rings. The molecule has 2 fully saturated rings. The van der Waals surface area contributed by atoms with Gasteiger partial charge in [0.2, 0.25) is 0 Å². The number of hydrogen-bond donors (Lipinski definition) is 1. The molecule has 3 rings (SSSR count). The maximum Gasteiger partial charge on any atom is 0.0207 e. The van der Waals surface area contributed by atoms with Gasteiger partial charge in [-0.05, 0) is 37.2 Å². The Balaban J connectivity index is 1.65. The van der Waals surface area contributed by atoms with Gasteiger partial charge in [0.25, 0.3) is 0 Å². The maximum absolute atomic E-state index is 3.86. The van der Waals surface area contributed by atoms with E-state index in [-0.39, 0.29) is 0 Å². The van der Waals surface area contributed by atoms with Gasteiger partial charge < -0.3 is 5.32 Å². The largest absolute Gasteiger partial charge is 0.309 e. The first-order chi connectivity index (χ1) is 8.86. The monoisotopic (exact) mass is 261 g/mol. The highest BCUT2D eigenvalue weighted by Crippen LogP contribution is 2.40. The summed E-state index contributed by atoms with van der Waals surface area (Å²) in [6.07, 6.45) is 5.35. The Labute approximate surface area is 115 Å². The minimum absolute atomic E-state index is 0.754. The third kappa shape index (κ3) is 2.60. The summed E-state index contributed by atoms with van der Waals surface area (Å²) < 4.78 is 0. The van der Waals surface area contributed by atoms with E-state index in [1.54, 1.807) is 5.56 Å². The van der Waals surface area contributed by atoms with Crippen LogP contribution < -0.4 is 5.32 Å². The topological polar surface area (TPSA) is 12.0 Å². The first-order valence-electron chi connectivity index (χ1n) is 7.29. The number of hydrogen-bond acceptors (Lipinski definition) is 2. The van der Waals surface area contributed by atoms with Gasteiger partial charge in [-0.15, -0.1) is 0 Å². The molecule has 0 radical (unpaired) electrons. The van der Waals surface area contributed by atoms with Crippen molar-refractivity contribution in [2.24, 2.45) is 0 Å². The van der Waals surface area contributed by atoms with Gasteiger partial charge >= 0.3 is 0 Å². The fourth-order valence-corrected chi connectivity index (χ4v) is 4.99. The Morgan fingerprint density at radius 1 is 1.22 bits per heavy atom. The zero-order valence-electron chi connectivity index (χ0n) is 11.1. The van der Waals surface area contributed by atoms with Crippen molar-refractivity contribution in [1.29, 1.82) is 0 Å². The second-order valence-electron chi connectivity index (χ2n) is 5.67. The van der Waals surface area contributed by atoms with Crippen LogP contribution in [0, 0.1) is 0 Å². The molecular formula is C16H23NS. The van der Waals surface area contributed by atoms with Crippen LogP contribution in [0.25, 0.3) is 0 Å². The predicted octanol–water partition coefficient (Wildman–Crippen LogP) is 3.81. The molecule has 1 aliphatic carbocycles. The molecule has 98 valence electrons. The van der Waals surface area contributed by atoms with Crippen molar-refractivity contribution in [2.45, 2.75) is 55.9 Å². The fourth-order valence-electron chi connectivity index (χ4n) is 3.36. The summed E-state index contributed by atoms with van der Waals surface area (Å²) in [5, 5.41) is 4.70. The van der Waals surface area contributed by atoms with Gasteiger partial charge in [-0.25, -0.2) is 0 Å². The van der Waals surface area contributed by atoms with E-state index >= 15 is 0 Å². The molecule has 1 N–H and O–H groups in total. The summed E-state index contributed by atoms with van der Waals surface area (Å²) in [5.74, 6) is 2.10. The van der Waals surface area contributed by atoms with E-state index in [4.69, 9.17) is 0 Å². The number of benzene rings is 1. The standard InChI is InChI=1S/C16H23NS/c1-2-14-11-18-16-10-13(8-9-15(16)17-14)12-6-4-3-5-7-12/h3-7,13-17H,2,8-11H2,1H3. The second kappa shape index (κ2) is 5.66. The molecule has 4 unspecified atom stereocenters. The molecule has 1 saturated carbocycles. The van der Waals surface area contributed by atoms with Crippen LogP contribution in [0.1, 0.15) is 44.1 Å². The van der Waals surface area contributed by atoms with Gasteiger partial charge in [-0.2, -0.15) is 11.8 Å². The van der Waals surface area contributed by atoms with Crippen molar-refractivity contribution in [3.05, 3.63) is 35.9 Å². The number of fused-ring (bicyclic) bond motifs is 1. The number of nitrogens with one attached hydrogen (secondary N) is 1. The van der Waals surface area contributed by atoms with Crippen LogP contribution in [-0.2, 0) is 0 Å². The van der Waals surface area contributed by atoms with Gasteiger partial charge in [0.05, 0.1) is 0 Å². The molecule has 4 atom stereocenters. The van der Waals surface area contributed by atoms with Crippen LogP contribution in [0.2, 0.25) is 0 Å². The van der Waals surface area contributed by atoms with E-state index in [1.165, 1.54) is 31.4 Å². The Bertz CT molecular complexity index is 378. The first-order valence-corrected chi connectivity index (χ1v) is 8.34. The van der Waals surface area contributed by atoms with Crippen LogP contribution in [0.4, 0.5) is 0 Å². The van der Waals surface area contributed by atoms with Crippen molar-refractivity contribution < 1.29 is 0 Å². The molecule has 0 spiro atoms. The molecule has 1 heterocycles. The molecule has 1 nitrogen and oxygen atoms in total. The van der Waals surface area contributed by atoms with Crippen LogP contribution in [-0.4, -0.2) is 23.1 Å². The Kier molecular flexibility index (Phi) is 3.95. The molecule has 1 aromatic carbocycles. The first kappa shape index (κ1) is 12.6. The van der Waals surface area contributed by atoms with Crippen LogP contribution in [0.15, 0.2) is 30.3 Å². The lowest BCUT2D eigenvalue weighted by atomic mass is 9.81. The summed E-state index contributed by atoms with van der Waals surface area (Å²) in [6, 6.07) is 12.6. The molecular weight excluding hydrogens is 238 g/mol. The summed E-state index contributed by atoms with van der Waals surface area (Å²) in [7, 11) is 0. The van der Waals surface area contributed by atoms with Crippen molar-refractivity contribution in [1.82, 2.24) is 5.32 Å². The van der Waals surface area contributed by atoms with Crippen LogP contribution in [0.5, 0.6) is 0 Å². The SMILES string of the molecule is CCC1CSC2CC(c3ccccc3)CCC2N1. The van der Waals surface area contributed by atoms with E-state index in [2.05, 4.69) is 54.3 Å². The summed E-state index contributed by atoms with van der Waals surface area (Å²) in [5.41, 5.74) is 1.55. The second-order valence-corrected chi connectivity index (χ2v) is 6.94. The zero-order valence-corrected chi connectivity index (χ0v) is 12.0. The fraction of sp³-hybridized carbons (Fsp3) is 0.625. The Morgan fingerprint density at radius 2 is 2.06 bits per heavy atom. The van der Waals surface area contributed by atoms with Gasteiger partial charge in [-0.3, -0.25) is 0 Å². The molecule has 0 bridgehead atoms. The lowest BCUT2D eigenvalue weighted by Crippen LogP contribution is -2.52. The molecule has 1 saturated heterocycles. The number of thioether (sulfide) groups is 1. The van der Waals surface area contributed by atoms with Crippen LogP contribution >= 0.6 is 11.8 Å². The summed E-state index contributed by atoms with van der Waals surface area (Å²) in [6.45, 7) is 2.30. The van der Waals surface area contributed by atoms with Gasteiger partial charge in [0, 0.05) is 23.1 Å². The van der Waals surface area contributed by atoms with Crippen molar-refractivity contribution >= 4 is 11.8 Å². The Morgan fingerprint density at radius 3 is 2.83 bits per heavy atom. The zero-order chi connectivity index (χ0) is 12.4. The van der Waals surface area contributed by atoms with E-state index in [1.807, 2.05) is 0 Å². The molecule has 0 aromatic heterocycles. The van der Waals surface area contributed by atoms with Crippen molar-refractivity contribution in [3.63, 3.8) is 0 Å². The van der Waals surface area contributed by atoms with Gasteiger partial charge in [-0.1, -0.05) is 37.3 Å². The normalized spacial score (nSPS) is 36.1. The highest BCUT2D eigenvalue weighted by atomic mass is 32.2. The Hall–Kier alpha value is -0.470. The van der Waals surface area contributed by atoms with Gasteiger partial charge in [0.1, 0.15) is 0 Å². The third-order valence-corrected chi connectivity index (χ3v) is 6.06. The lowest BCUT2D eigenvalue weighted by molar-refractivity contribution is 0.316. The number of rotatable bonds is 2. The van der Waals surface area contributed by atoms with E-state index in [9.17, 15) is 0 Å². The molecule has 2 aliphatic rings. The quantitative estimate of drug-likeness (QED) is 0.869. The van der Waals surface area contributed by atoms with Crippen LogP contribution in [0.3, 0.4) is 0 Å². The molecule has 1 aliphatic heterocycles. The summed E-state index contributed by atoms with van der Waals surface area (Å²) in [4.78, 5) is 0. The van der Waals surface area contributed by atoms with E-state index in [0.717, 1.165) is 23.3 Å². The lowest BCUT2D eigenvalue weighted by Gasteiger charge is -2.42. The smallest absolute Gasteiger partial charge is 0.0207 e. The predicted molar refractivity (Wildman–Crippen MR) is 80.3 cm³/mol. The minimum atomic E-state index is 0.754. The third-order valence-electron chi connectivity index (χ3n) is 4.52. The maximum atomic E-state index is 3.86. The van der Waals surface area contributed by atoms with E-state index < -0.39 is 0 Å². The van der Waals surface area contributed by atoms with Crippen molar-refractivity contribution in [3.8, 4) is 0 Å². The molecule has 18 heavy (non-hydrogen) atoms. The average molecular weight is 261 g/mol. The highest BCUT2D eigenvalue weighted by molar-refractivity contribution is 8.00.